The summed E-state index contributed by atoms with van der Waals surface area (Å²) in [4.78, 5) is 25.0. The van der Waals surface area contributed by atoms with E-state index in [1.165, 1.54) is 23.2 Å². The van der Waals surface area contributed by atoms with Crippen molar-refractivity contribution in [2.75, 3.05) is 20.2 Å². The van der Waals surface area contributed by atoms with Crippen molar-refractivity contribution >= 4 is 16.9 Å². The average molecular weight is 466 g/mol. The van der Waals surface area contributed by atoms with Crippen LogP contribution in [-0.4, -0.2) is 46.0 Å². The van der Waals surface area contributed by atoms with Crippen LogP contribution in [0, 0.1) is 0 Å². The van der Waals surface area contributed by atoms with Gasteiger partial charge in [0.25, 0.3) is 0 Å². The molecule has 174 valence electrons. The maximum Gasteiger partial charge on any atom is 0.416 e. The van der Waals surface area contributed by atoms with Gasteiger partial charge in [-0.15, -0.1) is 0 Å². The van der Waals surface area contributed by atoms with E-state index in [9.17, 15) is 18.0 Å². The number of hydrogen-bond acceptors (Lipinski definition) is 4. The smallest absolute Gasteiger partial charge is 0.416 e. The fourth-order valence-electron chi connectivity index (χ4n) is 3.62. The third-order valence-corrected chi connectivity index (χ3v) is 5.32. The maximum absolute atomic E-state index is 13.4. The van der Waals surface area contributed by atoms with Crippen molar-refractivity contribution in [3.8, 4) is 28.1 Å². The summed E-state index contributed by atoms with van der Waals surface area (Å²) in [6.45, 7) is 3.96. The predicted octanol–water partition coefficient (Wildman–Crippen LogP) is 5.33. The molecule has 4 rings (SSSR count). The van der Waals surface area contributed by atoms with Crippen LogP contribution in [-0.2, 0) is 11.0 Å². The lowest BCUT2D eigenvalue weighted by Gasteiger charge is -2.17. The number of carbonyl (C=O) groups is 1. The number of nitrogens with one attached hydrogen (secondary N) is 1. The number of fused-ring (bicyclic) bond motifs is 1. The summed E-state index contributed by atoms with van der Waals surface area (Å²) in [6, 6.07) is 10.4. The van der Waals surface area contributed by atoms with Gasteiger partial charge in [-0.25, -0.2) is 0 Å². The highest BCUT2D eigenvalue weighted by atomic mass is 19.4. The Bertz CT molecular complexity index is 1350. The number of aromatic nitrogens is 3. The quantitative estimate of drug-likeness (QED) is 0.374. The lowest BCUT2D eigenvalue weighted by atomic mass is 9.98. The molecule has 1 aromatic carbocycles. The largest absolute Gasteiger partial charge is 0.489 e. The first-order chi connectivity index (χ1) is 16.3. The fraction of sp³-hybridized carbons (Fsp3) is 0.160. The summed E-state index contributed by atoms with van der Waals surface area (Å²) in [5.41, 5.74) is 2.52. The summed E-state index contributed by atoms with van der Waals surface area (Å²) in [5, 5.41) is 0. The first-order valence-corrected chi connectivity index (χ1v) is 10.4. The van der Waals surface area contributed by atoms with E-state index in [4.69, 9.17) is 4.74 Å². The highest BCUT2D eigenvalue weighted by Gasteiger charge is 2.31. The molecule has 1 N–H and O–H groups in total. The first-order valence-electron chi connectivity index (χ1n) is 10.4. The lowest BCUT2D eigenvalue weighted by molar-refractivity contribution is -0.137. The number of H-pyrrole nitrogens is 1. The van der Waals surface area contributed by atoms with E-state index in [2.05, 4.69) is 21.5 Å². The van der Waals surface area contributed by atoms with E-state index in [0.29, 0.717) is 45.7 Å². The standard InChI is InChI=1S/C25H21F3N4O2/c1-3-21(33)32(2)12-13-34-20-15-29-11-9-18(20)23-22(24-19(31-23)8-5-10-30-24)16-6-4-7-17(14-16)25(26,27)28/h3-11,14-15,31H,1,12-13H2,2H3. The molecule has 0 bridgehead atoms. The minimum absolute atomic E-state index is 0.187. The van der Waals surface area contributed by atoms with Gasteiger partial charge in [-0.2, -0.15) is 13.2 Å². The highest BCUT2D eigenvalue weighted by Crippen LogP contribution is 2.42. The van der Waals surface area contributed by atoms with E-state index in [-0.39, 0.29) is 12.5 Å². The molecule has 3 aromatic heterocycles. The molecule has 9 heteroatoms. The number of alkyl halides is 3. The number of ether oxygens (including phenoxy) is 1. The summed E-state index contributed by atoms with van der Waals surface area (Å²) in [7, 11) is 1.63. The minimum atomic E-state index is -4.48. The van der Waals surface area contributed by atoms with E-state index < -0.39 is 11.7 Å². The van der Waals surface area contributed by atoms with Gasteiger partial charge in [0.15, 0.2) is 0 Å². The second-order valence-electron chi connectivity index (χ2n) is 7.54. The van der Waals surface area contributed by atoms with Crippen LogP contribution >= 0.6 is 0 Å². The summed E-state index contributed by atoms with van der Waals surface area (Å²) in [5.74, 6) is 0.185. The van der Waals surface area contributed by atoms with Gasteiger partial charge in [-0.3, -0.25) is 14.8 Å². The van der Waals surface area contributed by atoms with Crippen LogP contribution in [0.15, 0.2) is 73.7 Å². The molecule has 3 heterocycles. The molecule has 1 amide bonds. The number of likely N-dealkylation sites (N-methyl/N-ethyl adjacent to an activating group) is 1. The van der Waals surface area contributed by atoms with Gasteiger partial charge in [0, 0.05) is 30.6 Å². The Kier molecular flexibility index (Phi) is 6.36. The van der Waals surface area contributed by atoms with Crippen LogP contribution in [0.5, 0.6) is 5.75 Å². The zero-order valence-corrected chi connectivity index (χ0v) is 18.3. The maximum atomic E-state index is 13.4. The zero-order valence-electron chi connectivity index (χ0n) is 18.3. The van der Waals surface area contributed by atoms with Gasteiger partial charge < -0.3 is 14.6 Å². The molecule has 0 spiro atoms. The average Bonchev–Trinajstić information content (AvgIpc) is 3.22. The predicted molar refractivity (Wildman–Crippen MR) is 123 cm³/mol. The van der Waals surface area contributed by atoms with Gasteiger partial charge in [0.2, 0.25) is 5.91 Å². The summed E-state index contributed by atoms with van der Waals surface area (Å²) >= 11 is 0. The summed E-state index contributed by atoms with van der Waals surface area (Å²) in [6.07, 6.45) is 1.43. The number of pyridine rings is 2. The molecule has 0 radical (unpaired) electrons. The Morgan fingerprint density at radius 2 is 2.03 bits per heavy atom. The molecular weight excluding hydrogens is 445 g/mol. The van der Waals surface area contributed by atoms with Crippen LogP contribution < -0.4 is 4.74 Å². The second-order valence-corrected chi connectivity index (χ2v) is 7.54. The molecule has 0 saturated heterocycles. The van der Waals surface area contributed by atoms with E-state index in [1.807, 2.05) is 0 Å². The summed E-state index contributed by atoms with van der Waals surface area (Å²) < 4.78 is 46.1. The monoisotopic (exact) mass is 466 g/mol. The van der Waals surface area contributed by atoms with Crippen molar-refractivity contribution < 1.29 is 22.7 Å². The minimum Gasteiger partial charge on any atom is -0.489 e. The van der Waals surface area contributed by atoms with Crippen LogP contribution in [0.3, 0.4) is 0 Å². The number of hydrogen-bond donors (Lipinski definition) is 1. The third-order valence-electron chi connectivity index (χ3n) is 5.32. The molecule has 34 heavy (non-hydrogen) atoms. The number of halogens is 3. The Labute approximate surface area is 193 Å². The zero-order chi connectivity index (χ0) is 24.3. The Hall–Kier alpha value is -4.14. The SMILES string of the molecule is C=CC(=O)N(C)CCOc1cnccc1-c1[nH]c2cccnc2c1-c1cccc(C(F)(F)F)c1. The number of nitrogens with zero attached hydrogens (tertiary/aromatic N) is 3. The molecule has 4 aromatic rings. The molecule has 0 unspecified atom stereocenters. The number of benzene rings is 1. The van der Waals surface area contributed by atoms with E-state index >= 15 is 0 Å². The van der Waals surface area contributed by atoms with Gasteiger partial charge >= 0.3 is 6.18 Å². The molecular formula is C25H21F3N4O2. The molecule has 0 saturated carbocycles. The third kappa shape index (κ3) is 4.63. The van der Waals surface area contributed by atoms with Crippen molar-refractivity contribution in [2.24, 2.45) is 0 Å². The van der Waals surface area contributed by atoms with Crippen molar-refractivity contribution in [3.63, 3.8) is 0 Å². The molecule has 0 atom stereocenters. The van der Waals surface area contributed by atoms with Crippen molar-refractivity contribution in [1.29, 1.82) is 0 Å². The number of carbonyl (C=O) groups excluding carboxylic acids is 1. The fourth-order valence-corrected chi connectivity index (χ4v) is 3.62. The van der Waals surface area contributed by atoms with E-state index in [1.54, 1.807) is 43.7 Å². The second kappa shape index (κ2) is 9.38. The van der Waals surface area contributed by atoms with Gasteiger partial charge in [-0.05, 0) is 42.0 Å². The van der Waals surface area contributed by atoms with Crippen molar-refractivity contribution in [2.45, 2.75) is 6.18 Å². The van der Waals surface area contributed by atoms with Crippen molar-refractivity contribution in [1.82, 2.24) is 19.9 Å². The van der Waals surface area contributed by atoms with Gasteiger partial charge in [0.1, 0.15) is 12.4 Å². The number of aromatic amines is 1. The number of rotatable bonds is 7. The van der Waals surface area contributed by atoms with Gasteiger partial charge in [-0.1, -0.05) is 18.7 Å². The molecule has 0 fully saturated rings. The Morgan fingerprint density at radius 3 is 2.79 bits per heavy atom. The molecule has 0 aliphatic carbocycles. The highest BCUT2D eigenvalue weighted by molar-refractivity contribution is 6.02. The molecule has 0 aliphatic heterocycles. The van der Waals surface area contributed by atoms with Crippen molar-refractivity contribution in [3.05, 3.63) is 79.3 Å². The van der Waals surface area contributed by atoms with Crippen LogP contribution in [0.1, 0.15) is 5.56 Å². The Balaban J connectivity index is 1.79. The van der Waals surface area contributed by atoms with E-state index in [0.717, 1.165) is 12.1 Å². The normalized spacial score (nSPS) is 11.4. The topological polar surface area (TPSA) is 71.1 Å². The molecule has 0 aliphatic rings. The Morgan fingerprint density at radius 1 is 1.21 bits per heavy atom. The van der Waals surface area contributed by atoms with Crippen LogP contribution in [0.25, 0.3) is 33.4 Å². The van der Waals surface area contributed by atoms with Gasteiger partial charge in [0.05, 0.1) is 35.0 Å². The lowest BCUT2D eigenvalue weighted by Crippen LogP contribution is -2.29. The molecule has 6 nitrogen and oxygen atoms in total. The number of amides is 1. The van der Waals surface area contributed by atoms with Crippen LogP contribution in [0.4, 0.5) is 13.2 Å². The van der Waals surface area contributed by atoms with Crippen LogP contribution in [0.2, 0.25) is 0 Å². The first kappa shape index (κ1) is 23.0.